The van der Waals surface area contributed by atoms with Crippen LogP contribution in [0.1, 0.15) is 12.5 Å². The lowest BCUT2D eigenvalue weighted by molar-refractivity contribution is -0.810. The molecule has 1 atom stereocenters. The Morgan fingerprint density at radius 3 is 2.29 bits per heavy atom. The number of hydrogen-bond acceptors (Lipinski definition) is 2. The summed E-state index contributed by atoms with van der Waals surface area (Å²) in [5.41, 5.74) is -0.584. The lowest BCUT2D eigenvalue weighted by Gasteiger charge is -2.09. The smallest absolute Gasteiger partial charge is 0.198 e. The van der Waals surface area contributed by atoms with Gasteiger partial charge in [-0.15, -0.1) is 0 Å². The van der Waals surface area contributed by atoms with E-state index in [0.717, 1.165) is 0 Å². The molecule has 0 spiro atoms. The van der Waals surface area contributed by atoms with E-state index in [-0.39, 0.29) is 11.4 Å². The normalized spacial score (nSPS) is 19.3. The van der Waals surface area contributed by atoms with Gasteiger partial charge in [-0.25, -0.2) is 22.7 Å². The summed E-state index contributed by atoms with van der Waals surface area (Å²) in [6.07, 6.45) is 1.18. The first kappa shape index (κ1) is 11.7. The standard InChI is InChI=1S/C10H6F4N2O/c1-4-2-7(15-16(4)17)5-3-6(11)9(13)10(14)8(5)12/h2-3,16H,1H3. The predicted octanol–water partition coefficient (Wildman–Crippen LogP) is 1.25. The number of quaternary nitrogens is 1. The van der Waals surface area contributed by atoms with E-state index >= 15 is 0 Å². The number of rotatable bonds is 1. The number of hydroxylamine groups is 1. The Bertz CT molecular complexity index is 554. The van der Waals surface area contributed by atoms with Crippen molar-refractivity contribution in [2.24, 2.45) is 5.10 Å². The van der Waals surface area contributed by atoms with Crippen LogP contribution in [0, 0.1) is 28.5 Å². The first-order valence-corrected chi connectivity index (χ1v) is 4.56. The maximum absolute atomic E-state index is 13.3. The quantitative estimate of drug-likeness (QED) is 0.344. The molecule has 1 aromatic carbocycles. The average molecular weight is 246 g/mol. The summed E-state index contributed by atoms with van der Waals surface area (Å²) in [4.78, 5) is 0. The third-order valence-corrected chi connectivity index (χ3v) is 2.29. The summed E-state index contributed by atoms with van der Waals surface area (Å²) in [6, 6.07) is 0.467. The van der Waals surface area contributed by atoms with Crippen LogP contribution < -0.4 is 5.17 Å². The zero-order chi connectivity index (χ0) is 12.7. The molecule has 0 aromatic heterocycles. The third-order valence-electron chi connectivity index (χ3n) is 2.29. The molecule has 0 bridgehead atoms. The number of hydrogen-bond donors (Lipinski definition) is 1. The molecule has 0 amide bonds. The monoisotopic (exact) mass is 246 g/mol. The van der Waals surface area contributed by atoms with Crippen molar-refractivity contribution in [1.29, 1.82) is 0 Å². The number of allylic oxidation sites excluding steroid dienone is 2. The van der Waals surface area contributed by atoms with Gasteiger partial charge in [0.15, 0.2) is 23.3 Å². The fourth-order valence-corrected chi connectivity index (χ4v) is 1.39. The highest BCUT2D eigenvalue weighted by Crippen LogP contribution is 2.20. The molecule has 1 N–H and O–H groups in total. The Morgan fingerprint density at radius 2 is 1.76 bits per heavy atom. The molecule has 1 heterocycles. The maximum atomic E-state index is 13.3. The van der Waals surface area contributed by atoms with E-state index in [1.807, 2.05) is 0 Å². The Kier molecular flexibility index (Phi) is 2.72. The molecule has 3 nitrogen and oxygen atoms in total. The Morgan fingerprint density at radius 1 is 1.12 bits per heavy atom. The molecular formula is C10H6F4N2O. The Balaban J connectivity index is 2.59. The number of nitrogens with one attached hydrogen (secondary N) is 1. The third kappa shape index (κ3) is 1.83. The molecular weight excluding hydrogens is 240 g/mol. The first-order valence-electron chi connectivity index (χ1n) is 4.56. The molecule has 0 radical (unpaired) electrons. The summed E-state index contributed by atoms with van der Waals surface area (Å²) in [7, 11) is 0. The van der Waals surface area contributed by atoms with E-state index in [0.29, 0.717) is 6.07 Å². The highest BCUT2D eigenvalue weighted by atomic mass is 19.2. The Hall–Kier alpha value is -1.73. The average Bonchev–Trinajstić information content (AvgIpc) is 2.61. The summed E-state index contributed by atoms with van der Waals surface area (Å²) < 4.78 is 51.9. The molecule has 0 aliphatic carbocycles. The fourth-order valence-electron chi connectivity index (χ4n) is 1.39. The van der Waals surface area contributed by atoms with Crippen LogP contribution in [0.25, 0.3) is 0 Å². The summed E-state index contributed by atoms with van der Waals surface area (Å²) in [6.45, 7) is 1.42. The Labute approximate surface area is 93.2 Å². The van der Waals surface area contributed by atoms with Gasteiger partial charge >= 0.3 is 0 Å². The minimum Gasteiger partial charge on any atom is -0.601 e. The van der Waals surface area contributed by atoms with Crippen LogP contribution in [-0.2, 0) is 0 Å². The van der Waals surface area contributed by atoms with E-state index in [4.69, 9.17) is 0 Å². The van der Waals surface area contributed by atoms with Gasteiger partial charge in [0.1, 0.15) is 11.4 Å². The fraction of sp³-hybridized carbons (Fsp3) is 0.100. The van der Waals surface area contributed by atoms with Crippen LogP contribution in [0.3, 0.4) is 0 Å². The number of halogens is 4. The zero-order valence-electron chi connectivity index (χ0n) is 8.52. The molecule has 1 aromatic rings. The number of nitrogens with zero attached hydrogens (tertiary/aromatic N) is 1. The van der Waals surface area contributed by atoms with Gasteiger partial charge in [0.05, 0.1) is 0 Å². The molecule has 90 valence electrons. The van der Waals surface area contributed by atoms with E-state index in [1.165, 1.54) is 13.0 Å². The van der Waals surface area contributed by atoms with Gasteiger partial charge in [-0.2, -0.15) is 0 Å². The molecule has 7 heteroatoms. The van der Waals surface area contributed by atoms with Gasteiger partial charge in [-0.05, 0) is 6.07 Å². The second-order valence-electron chi connectivity index (χ2n) is 3.48. The van der Waals surface area contributed by atoms with Crippen molar-refractivity contribution in [1.82, 2.24) is 0 Å². The molecule has 0 saturated heterocycles. The van der Waals surface area contributed by atoms with Gasteiger partial charge in [0.2, 0.25) is 0 Å². The van der Waals surface area contributed by atoms with Gasteiger partial charge in [0, 0.05) is 18.6 Å². The molecule has 1 unspecified atom stereocenters. The van der Waals surface area contributed by atoms with Gasteiger partial charge in [0.25, 0.3) is 0 Å². The van der Waals surface area contributed by atoms with E-state index in [9.17, 15) is 22.8 Å². The van der Waals surface area contributed by atoms with Crippen LogP contribution in [0.5, 0.6) is 0 Å². The van der Waals surface area contributed by atoms with Crippen molar-refractivity contribution in [3.05, 3.63) is 51.9 Å². The van der Waals surface area contributed by atoms with Gasteiger partial charge in [-0.3, -0.25) is 0 Å². The SMILES string of the molecule is CC1=CC(c2cc(F)c(F)c(F)c2F)=N[NH+]1[O-]. The van der Waals surface area contributed by atoms with Crippen molar-refractivity contribution in [2.75, 3.05) is 0 Å². The van der Waals surface area contributed by atoms with Crippen LogP contribution >= 0.6 is 0 Å². The minimum absolute atomic E-state index is 0.213. The first-order chi connectivity index (χ1) is 7.91. The van der Waals surface area contributed by atoms with Gasteiger partial charge < -0.3 is 5.21 Å². The van der Waals surface area contributed by atoms with Gasteiger partial charge in [-0.1, -0.05) is 5.10 Å². The highest BCUT2D eigenvalue weighted by molar-refractivity contribution is 6.09. The molecule has 0 saturated carbocycles. The van der Waals surface area contributed by atoms with Crippen LogP contribution in [0.4, 0.5) is 17.6 Å². The van der Waals surface area contributed by atoms with Crippen molar-refractivity contribution in [3.63, 3.8) is 0 Å². The van der Waals surface area contributed by atoms with E-state index in [2.05, 4.69) is 5.10 Å². The minimum atomic E-state index is -1.92. The largest absolute Gasteiger partial charge is 0.601 e. The molecule has 2 rings (SSSR count). The zero-order valence-corrected chi connectivity index (χ0v) is 8.52. The second kappa shape index (κ2) is 3.94. The second-order valence-corrected chi connectivity index (χ2v) is 3.48. The van der Waals surface area contributed by atoms with Crippen LogP contribution in [-0.4, -0.2) is 5.71 Å². The van der Waals surface area contributed by atoms with E-state index in [1.54, 1.807) is 0 Å². The van der Waals surface area contributed by atoms with E-state index < -0.39 is 34.0 Å². The lowest BCUT2D eigenvalue weighted by Crippen LogP contribution is -2.98. The predicted molar refractivity (Wildman–Crippen MR) is 50.9 cm³/mol. The maximum Gasteiger partial charge on any atom is 0.198 e. The topological polar surface area (TPSA) is 39.9 Å². The summed E-state index contributed by atoms with van der Waals surface area (Å²) >= 11 is 0. The highest BCUT2D eigenvalue weighted by Gasteiger charge is 2.24. The van der Waals surface area contributed by atoms with Crippen molar-refractivity contribution in [3.8, 4) is 0 Å². The summed E-state index contributed by atoms with van der Waals surface area (Å²) in [5, 5.41) is 13.8. The summed E-state index contributed by atoms with van der Waals surface area (Å²) in [5.74, 6) is -6.92. The molecule has 1 aliphatic heterocycles. The van der Waals surface area contributed by atoms with Crippen LogP contribution in [0.15, 0.2) is 22.9 Å². The van der Waals surface area contributed by atoms with Crippen molar-refractivity contribution < 1.29 is 22.7 Å². The molecule has 17 heavy (non-hydrogen) atoms. The van der Waals surface area contributed by atoms with Crippen LogP contribution in [0.2, 0.25) is 0 Å². The molecule has 1 aliphatic rings. The van der Waals surface area contributed by atoms with Crippen molar-refractivity contribution in [2.45, 2.75) is 6.92 Å². The molecule has 0 fully saturated rings. The van der Waals surface area contributed by atoms with Crippen molar-refractivity contribution >= 4 is 5.71 Å². The lowest BCUT2D eigenvalue weighted by atomic mass is 10.1. The number of benzene rings is 1.